The highest BCUT2D eigenvalue weighted by atomic mass is 32.1. The number of rotatable bonds is 6. The van der Waals surface area contributed by atoms with Crippen LogP contribution in [-0.2, 0) is 17.6 Å². The molecule has 1 aliphatic heterocycles. The molecule has 2 aromatic heterocycles. The molecule has 6 nitrogen and oxygen atoms in total. The molecule has 2 atom stereocenters. The Hall–Kier alpha value is -3.32. The zero-order valence-electron chi connectivity index (χ0n) is 20.2. The molecular formula is C28H30N2O4S. The molecule has 0 saturated carbocycles. The fourth-order valence-corrected chi connectivity index (χ4v) is 6.22. The smallest absolute Gasteiger partial charge is 0.336 e. The number of fused-ring (bicyclic) bond motifs is 3. The van der Waals surface area contributed by atoms with Gasteiger partial charge in [-0.1, -0.05) is 39.3 Å². The minimum atomic E-state index is -0.503. The molecule has 3 aromatic rings. The first kappa shape index (κ1) is 23.4. The number of ether oxygens (including phenoxy) is 1. The zero-order valence-corrected chi connectivity index (χ0v) is 21.0. The van der Waals surface area contributed by atoms with Gasteiger partial charge in [-0.15, -0.1) is 11.3 Å². The summed E-state index contributed by atoms with van der Waals surface area (Å²) < 4.78 is 10.6. The van der Waals surface area contributed by atoms with Crippen molar-refractivity contribution in [3.63, 3.8) is 0 Å². The lowest BCUT2D eigenvalue weighted by Gasteiger charge is -2.36. The lowest BCUT2D eigenvalue weighted by Crippen LogP contribution is -2.38. The first-order valence-corrected chi connectivity index (χ1v) is 12.9. The van der Waals surface area contributed by atoms with Crippen LogP contribution < -0.4 is 15.4 Å². The van der Waals surface area contributed by atoms with E-state index in [-0.39, 0.29) is 5.91 Å². The van der Waals surface area contributed by atoms with Gasteiger partial charge in [0.05, 0.1) is 11.8 Å². The Bertz CT molecular complexity index is 1270. The third kappa shape index (κ3) is 4.78. The fraction of sp³-hybridized carbons (Fsp3) is 0.357. The number of carbonyl (C=O) groups excluding carboxylic acids is 2. The molecular weight excluding hydrogens is 460 g/mol. The van der Waals surface area contributed by atoms with Crippen LogP contribution >= 0.6 is 11.3 Å². The molecule has 35 heavy (non-hydrogen) atoms. The SMILES string of the molecule is CCC(C)(C)[C@H]1CCc2c(sc3c2C(=O)N[C@H](c2cccc(OC(=O)/C=C/c4ccco4)c2)N3)C1. The number of carbonyl (C=O) groups is 2. The number of thiophene rings is 1. The van der Waals surface area contributed by atoms with E-state index in [9.17, 15) is 9.59 Å². The summed E-state index contributed by atoms with van der Waals surface area (Å²) in [7, 11) is 0. The molecule has 182 valence electrons. The normalized spacial score (nSPS) is 19.6. The molecule has 0 spiro atoms. The average Bonchev–Trinajstić information content (AvgIpc) is 3.50. The second kappa shape index (κ2) is 9.38. The Balaban J connectivity index is 1.31. The van der Waals surface area contributed by atoms with Crippen molar-refractivity contribution in [3.8, 4) is 5.75 Å². The maximum Gasteiger partial charge on any atom is 0.336 e. The summed E-state index contributed by atoms with van der Waals surface area (Å²) in [6.07, 6.45) is 8.28. The molecule has 3 heterocycles. The lowest BCUT2D eigenvalue weighted by molar-refractivity contribution is -0.128. The number of nitrogens with one attached hydrogen (secondary N) is 2. The van der Waals surface area contributed by atoms with E-state index in [0.717, 1.165) is 41.8 Å². The molecule has 1 aliphatic carbocycles. The Labute approximate surface area is 209 Å². The van der Waals surface area contributed by atoms with Gasteiger partial charge in [-0.25, -0.2) is 4.79 Å². The molecule has 0 radical (unpaired) electrons. The van der Waals surface area contributed by atoms with E-state index in [0.29, 0.717) is 22.8 Å². The maximum absolute atomic E-state index is 13.1. The van der Waals surface area contributed by atoms with Gasteiger partial charge in [-0.2, -0.15) is 0 Å². The number of esters is 1. The van der Waals surface area contributed by atoms with Crippen LogP contribution in [0.3, 0.4) is 0 Å². The van der Waals surface area contributed by atoms with Crippen LogP contribution in [0, 0.1) is 11.3 Å². The monoisotopic (exact) mass is 490 g/mol. The van der Waals surface area contributed by atoms with Gasteiger partial charge in [-0.3, -0.25) is 4.79 Å². The zero-order chi connectivity index (χ0) is 24.6. The predicted molar refractivity (Wildman–Crippen MR) is 138 cm³/mol. The Morgan fingerprint density at radius 1 is 1.26 bits per heavy atom. The van der Waals surface area contributed by atoms with Crippen LogP contribution in [0.15, 0.2) is 53.2 Å². The Kier molecular flexibility index (Phi) is 6.28. The van der Waals surface area contributed by atoms with Crippen molar-refractivity contribution < 1.29 is 18.7 Å². The third-order valence-corrected chi connectivity index (χ3v) is 8.58. The average molecular weight is 491 g/mol. The van der Waals surface area contributed by atoms with Gasteiger partial charge in [0.1, 0.15) is 22.7 Å². The van der Waals surface area contributed by atoms with Gasteiger partial charge in [0.25, 0.3) is 5.91 Å². The molecule has 0 saturated heterocycles. The number of amides is 1. The molecule has 2 N–H and O–H groups in total. The summed E-state index contributed by atoms with van der Waals surface area (Å²) >= 11 is 1.72. The molecule has 0 unspecified atom stereocenters. The van der Waals surface area contributed by atoms with Crippen LogP contribution in [0.25, 0.3) is 6.08 Å². The highest BCUT2D eigenvalue weighted by Gasteiger charge is 2.37. The number of benzene rings is 1. The van der Waals surface area contributed by atoms with Crippen molar-refractivity contribution in [2.45, 2.75) is 52.6 Å². The second-order valence-corrected chi connectivity index (χ2v) is 11.0. The van der Waals surface area contributed by atoms with Gasteiger partial charge in [-0.05, 0) is 72.1 Å². The quantitative estimate of drug-likeness (QED) is 0.239. The lowest BCUT2D eigenvalue weighted by atomic mass is 9.69. The van der Waals surface area contributed by atoms with Gasteiger partial charge >= 0.3 is 5.97 Å². The minimum Gasteiger partial charge on any atom is -0.465 e. The van der Waals surface area contributed by atoms with E-state index in [1.807, 2.05) is 12.1 Å². The van der Waals surface area contributed by atoms with Gasteiger partial charge < -0.3 is 19.8 Å². The summed E-state index contributed by atoms with van der Waals surface area (Å²) in [5, 5.41) is 7.54. The first-order valence-electron chi connectivity index (χ1n) is 12.1. The Morgan fingerprint density at radius 3 is 2.89 bits per heavy atom. The summed E-state index contributed by atoms with van der Waals surface area (Å²) in [6, 6.07) is 10.7. The van der Waals surface area contributed by atoms with Crippen molar-refractivity contribution in [1.29, 1.82) is 0 Å². The van der Waals surface area contributed by atoms with E-state index >= 15 is 0 Å². The molecule has 0 bridgehead atoms. The van der Waals surface area contributed by atoms with Gasteiger partial charge in [0.2, 0.25) is 0 Å². The van der Waals surface area contributed by atoms with Crippen molar-refractivity contribution >= 4 is 34.3 Å². The summed E-state index contributed by atoms with van der Waals surface area (Å²) in [6.45, 7) is 6.96. The summed E-state index contributed by atoms with van der Waals surface area (Å²) in [5.74, 6) is 1.07. The van der Waals surface area contributed by atoms with Crippen molar-refractivity contribution in [1.82, 2.24) is 5.32 Å². The van der Waals surface area contributed by atoms with Crippen LogP contribution in [0.5, 0.6) is 5.75 Å². The third-order valence-electron chi connectivity index (χ3n) is 7.40. The number of hydrogen-bond acceptors (Lipinski definition) is 6. The van der Waals surface area contributed by atoms with Crippen LogP contribution in [-0.4, -0.2) is 11.9 Å². The van der Waals surface area contributed by atoms with Crippen molar-refractivity contribution in [2.75, 3.05) is 5.32 Å². The largest absolute Gasteiger partial charge is 0.465 e. The maximum atomic E-state index is 13.1. The highest BCUT2D eigenvalue weighted by molar-refractivity contribution is 7.16. The van der Waals surface area contributed by atoms with E-state index in [1.54, 1.807) is 47.9 Å². The minimum absolute atomic E-state index is 0.0433. The van der Waals surface area contributed by atoms with Crippen LogP contribution in [0.2, 0.25) is 0 Å². The molecule has 5 rings (SSSR count). The number of hydrogen-bond donors (Lipinski definition) is 2. The molecule has 1 aromatic carbocycles. The number of furan rings is 1. The Morgan fingerprint density at radius 2 is 2.11 bits per heavy atom. The highest BCUT2D eigenvalue weighted by Crippen LogP contribution is 2.47. The predicted octanol–water partition coefficient (Wildman–Crippen LogP) is 6.36. The van der Waals surface area contributed by atoms with E-state index < -0.39 is 12.1 Å². The fourth-order valence-electron chi connectivity index (χ4n) is 4.86. The number of anilines is 1. The van der Waals surface area contributed by atoms with Crippen LogP contribution in [0.4, 0.5) is 5.00 Å². The molecule has 1 amide bonds. The van der Waals surface area contributed by atoms with Gasteiger partial charge in [0.15, 0.2) is 0 Å². The summed E-state index contributed by atoms with van der Waals surface area (Å²) in [5.41, 5.74) is 3.13. The summed E-state index contributed by atoms with van der Waals surface area (Å²) in [4.78, 5) is 26.7. The van der Waals surface area contributed by atoms with Crippen molar-refractivity contribution in [2.24, 2.45) is 11.3 Å². The topological polar surface area (TPSA) is 80.6 Å². The molecule has 7 heteroatoms. The molecule has 2 aliphatic rings. The second-order valence-electron chi connectivity index (χ2n) is 9.88. The van der Waals surface area contributed by atoms with Crippen LogP contribution in [0.1, 0.15) is 71.9 Å². The van der Waals surface area contributed by atoms with Crippen molar-refractivity contribution in [3.05, 3.63) is 76.1 Å². The van der Waals surface area contributed by atoms with E-state index in [2.05, 4.69) is 31.4 Å². The molecule has 0 fully saturated rings. The van der Waals surface area contributed by atoms with Gasteiger partial charge in [0, 0.05) is 11.0 Å². The first-order chi connectivity index (χ1) is 16.8. The standard InChI is InChI=1S/C28H30N2O4S/c1-4-28(2,3)18-10-12-21-22(16-18)35-27-24(21)26(32)29-25(30-27)17-7-5-8-20(15-17)34-23(31)13-11-19-9-6-14-33-19/h5-9,11,13-15,18,25,30H,4,10,12,16H2,1-3H3,(H,29,32)/b13-11+/t18-,25-/m0/s1. The van der Waals surface area contributed by atoms with E-state index in [4.69, 9.17) is 9.15 Å². The van der Waals surface area contributed by atoms with E-state index in [1.165, 1.54) is 16.5 Å².